The highest BCUT2D eigenvalue weighted by atomic mass is 35.5. The minimum absolute atomic E-state index is 0.286. The van der Waals surface area contributed by atoms with Crippen LogP contribution in [0.5, 0.6) is 5.75 Å². The lowest BCUT2D eigenvalue weighted by Crippen LogP contribution is -2.45. The molecule has 0 aliphatic carbocycles. The molecule has 0 spiro atoms. The molecule has 0 saturated carbocycles. The van der Waals surface area contributed by atoms with Crippen molar-refractivity contribution in [2.24, 2.45) is 0 Å². The zero-order valence-corrected chi connectivity index (χ0v) is 14.4. The fraction of sp³-hybridized carbons (Fsp3) is 0.353. The molecule has 6 heteroatoms. The highest BCUT2D eigenvalue weighted by Crippen LogP contribution is 2.34. The molecule has 1 fully saturated rings. The first-order chi connectivity index (χ1) is 11.2. The highest BCUT2D eigenvalue weighted by molar-refractivity contribution is 6.35. The number of nitrogens with zero attached hydrogens (tertiary/aromatic N) is 2. The third-order valence-electron chi connectivity index (χ3n) is 4.11. The Morgan fingerprint density at radius 1 is 1.30 bits per heavy atom. The van der Waals surface area contributed by atoms with Crippen LogP contribution in [0.4, 0.5) is 0 Å². The van der Waals surface area contributed by atoms with Gasteiger partial charge in [0.1, 0.15) is 5.75 Å². The van der Waals surface area contributed by atoms with Crippen LogP contribution in [0.15, 0.2) is 36.7 Å². The van der Waals surface area contributed by atoms with Crippen LogP contribution in [0.3, 0.4) is 0 Å². The lowest BCUT2D eigenvalue weighted by atomic mass is 10.0. The maximum Gasteiger partial charge on any atom is 0.142 e. The summed E-state index contributed by atoms with van der Waals surface area (Å²) in [4.78, 5) is 6.52. The molecule has 122 valence electrons. The van der Waals surface area contributed by atoms with Gasteiger partial charge >= 0.3 is 0 Å². The fourth-order valence-electron chi connectivity index (χ4n) is 3.03. The number of methoxy groups -OCH3 is 1. The standard InChI is InChI=1S/C17H19Cl2N3O/c1-23-17-13(8-14(18)9-15(17)19)11-22-7-6-21-10-16(22)12-2-4-20-5-3-12/h2-5,8-9,16,21H,6-7,10-11H2,1H3. The van der Waals surface area contributed by atoms with E-state index in [1.165, 1.54) is 5.56 Å². The molecule has 1 aromatic heterocycles. The Morgan fingerprint density at radius 2 is 2.09 bits per heavy atom. The summed E-state index contributed by atoms with van der Waals surface area (Å²) in [6.45, 7) is 3.54. The summed E-state index contributed by atoms with van der Waals surface area (Å²) < 4.78 is 5.47. The highest BCUT2D eigenvalue weighted by Gasteiger charge is 2.25. The van der Waals surface area contributed by atoms with Crippen LogP contribution in [-0.4, -0.2) is 36.6 Å². The molecule has 1 atom stereocenters. The molecule has 0 bridgehead atoms. The topological polar surface area (TPSA) is 37.4 Å². The van der Waals surface area contributed by atoms with E-state index in [0.29, 0.717) is 15.8 Å². The second-order valence-electron chi connectivity index (χ2n) is 5.55. The van der Waals surface area contributed by atoms with Gasteiger partial charge in [0.2, 0.25) is 0 Å². The van der Waals surface area contributed by atoms with Crippen LogP contribution < -0.4 is 10.1 Å². The largest absolute Gasteiger partial charge is 0.495 e. The van der Waals surface area contributed by atoms with Crippen LogP contribution in [-0.2, 0) is 6.54 Å². The van der Waals surface area contributed by atoms with Crippen LogP contribution in [0.1, 0.15) is 17.2 Å². The Kier molecular flexibility index (Phi) is 5.38. The molecule has 1 N–H and O–H groups in total. The van der Waals surface area contributed by atoms with E-state index in [0.717, 1.165) is 31.7 Å². The molecule has 1 saturated heterocycles. The second kappa shape index (κ2) is 7.49. The van der Waals surface area contributed by atoms with Crippen LogP contribution >= 0.6 is 23.2 Å². The Bertz CT molecular complexity index is 666. The van der Waals surface area contributed by atoms with Crippen molar-refractivity contribution in [2.75, 3.05) is 26.7 Å². The Hall–Kier alpha value is -1.33. The number of hydrogen-bond acceptors (Lipinski definition) is 4. The lowest BCUT2D eigenvalue weighted by molar-refractivity contribution is 0.152. The number of rotatable bonds is 4. The normalized spacial score (nSPS) is 18.8. The maximum atomic E-state index is 6.26. The second-order valence-corrected chi connectivity index (χ2v) is 6.39. The Labute approximate surface area is 146 Å². The lowest BCUT2D eigenvalue weighted by Gasteiger charge is -2.36. The predicted molar refractivity (Wildman–Crippen MR) is 93.3 cm³/mol. The van der Waals surface area contributed by atoms with Crippen molar-refractivity contribution in [1.29, 1.82) is 0 Å². The van der Waals surface area contributed by atoms with Gasteiger partial charge in [-0.15, -0.1) is 0 Å². The summed E-state index contributed by atoms with van der Waals surface area (Å²) in [5.74, 6) is 0.697. The van der Waals surface area contributed by atoms with Gasteiger partial charge in [-0.3, -0.25) is 9.88 Å². The Morgan fingerprint density at radius 3 is 2.83 bits per heavy atom. The summed E-state index contributed by atoms with van der Waals surface area (Å²) >= 11 is 12.4. The van der Waals surface area contributed by atoms with Crippen LogP contribution in [0, 0.1) is 0 Å². The number of benzene rings is 1. The third-order valence-corrected chi connectivity index (χ3v) is 4.61. The van der Waals surface area contributed by atoms with Crippen molar-refractivity contribution in [3.8, 4) is 5.75 Å². The van der Waals surface area contributed by atoms with Crippen LogP contribution in [0.25, 0.3) is 0 Å². The van der Waals surface area contributed by atoms with E-state index in [-0.39, 0.29) is 6.04 Å². The molecule has 2 heterocycles. The van der Waals surface area contributed by atoms with E-state index < -0.39 is 0 Å². The third kappa shape index (κ3) is 3.78. The van der Waals surface area contributed by atoms with Crippen molar-refractivity contribution >= 4 is 23.2 Å². The number of nitrogens with one attached hydrogen (secondary N) is 1. The predicted octanol–water partition coefficient (Wildman–Crippen LogP) is 3.54. The number of hydrogen-bond donors (Lipinski definition) is 1. The molecular weight excluding hydrogens is 333 g/mol. The van der Waals surface area contributed by atoms with Gasteiger partial charge in [-0.2, -0.15) is 0 Å². The van der Waals surface area contributed by atoms with E-state index in [2.05, 4.69) is 27.3 Å². The summed E-state index contributed by atoms with van der Waals surface area (Å²) in [5, 5.41) is 4.63. The van der Waals surface area contributed by atoms with Crippen molar-refractivity contribution in [1.82, 2.24) is 15.2 Å². The molecule has 0 radical (unpaired) electrons. The molecule has 3 rings (SSSR count). The molecule has 1 unspecified atom stereocenters. The zero-order chi connectivity index (χ0) is 16.2. The number of aromatic nitrogens is 1. The maximum absolute atomic E-state index is 6.26. The zero-order valence-electron chi connectivity index (χ0n) is 12.9. The van der Waals surface area contributed by atoms with Crippen molar-refractivity contribution in [3.05, 3.63) is 57.8 Å². The number of piperazine rings is 1. The first-order valence-corrected chi connectivity index (χ1v) is 8.31. The summed E-state index contributed by atoms with van der Waals surface area (Å²) in [7, 11) is 1.64. The van der Waals surface area contributed by atoms with Crippen LogP contribution in [0.2, 0.25) is 10.0 Å². The molecule has 23 heavy (non-hydrogen) atoms. The number of pyridine rings is 1. The summed E-state index contributed by atoms with van der Waals surface area (Å²) in [6, 6.07) is 8.05. The van der Waals surface area contributed by atoms with Crippen molar-refractivity contribution < 1.29 is 4.74 Å². The van der Waals surface area contributed by atoms with Gasteiger partial charge in [0, 0.05) is 55.2 Å². The van der Waals surface area contributed by atoms with Gasteiger partial charge in [-0.05, 0) is 29.8 Å². The molecule has 1 aliphatic heterocycles. The number of ether oxygens (including phenoxy) is 1. The van der Waals surface area contributed by atoms with E-state index >= 15 is 0 Å². The van der Waals surface area contributed by atoms with Gasteiger partial charge in [0.25, 0.3) is 0 Å². The minimum atomic E-state index is 0.286. The molecule has 2 aromatic rings. The van der Waals surface area contributed by atoms with Gasteiger partial charge in [0.15, 0.2) is 0 Å². The van der Waals surface area contributed by atoms with Gasteiger partial charge in [-0.25, -0.2) is 0 Å². The fourth-order valence-corrected chi connectivity index (χ4v) is 3.64. The van der Waals surface area contributed by atoms with Crippen molar-refractivity contribution in [2.45, 2.75) is 12.6 Å². The first-order valence-electron chi connectivity index (χ1n) is 7.55. The molecule has 0 amide bonds. The van der Waals surface area contributed by atoms with E-state index in [1.54, 1.807) is 13.2 Å². The van der Waals surface area contributed by atoms with Gasteiger partial charge < -0.3 is 10.1 Å². The summed E-state index contributed by atoms with van der Waals surface area (Å²) in [5.41, 5.74) is 2.25. The van der Waals surface area contributed by atoms with E-state index in [1.807, 2.05) is 18.5 Å². The Balaban J connectivity index is 1.88. The van der Waals surface area contributed by atoms with E-state index in [9.17, 15) is 0 Å². The SMILES string of the molecule is COc1c(Cl)cc(Cl)cc1CN1CCNCC1c1ccncc1. The van der Waals surface area contributed by atoms with Gasteiger partial charge in [0.05, 0.1) is 12.1 Å². The minimum Gasteiger partial charge on any atom is -0.495 e. The molecule has 4 nitrogen and oxygen atoms in total. The molecule has 1 aliphatic rings. The smallest absolute Gasteiger partial charge is 0.142 e. The average molecular weight is 352 g/mol. The van der Waals surface area contributed by atoms with E-state index in [4.69, 9.17) is 27.9 Å². The molecular formula is C17H19Cl2N3O. The molecule has 1 aromatic carbocycles. The monoisotopic (exact) mass is 351 g/mol. The quantitative estimate of drug-likeness (QED) is 0.913. The van der Waals surface area contributed by atoms with Gasteiger partial charge in [-0.1, -0.05) is 23.2 Å². The first kappa shape index (κ1) is 16.5. The van der Waals surface area contributed by atoms with Crippen molar-refractivity contribution in [3.63, 3.8) is 0 Å². The average Bonchev–Trinajstić information content (AvgIpc) is 2.56. The number of halogens is 2. The summed E-state index contributed by atoms with van der Waals surface area (Å²) in [6.07, 6.45) is 3.66.